The normalized spacial score (nSPS) is 16.8. The first kappa shape index (κ1) is 49.5. The average molecular weight is 830 g/mol. The Morgan fingerprint density at radius 2 is 1.51 bits per heavy atom. The van der Waals surface area contributed by atoms with Crippen LogP contribution in [0.15, 0.2) is 34.3 Å². The Hall–Kier alpha value is -5.62. The van der Waals surface area contributed by atoms with Crippen molar-refractivity contribution < 1.29 is 39.0 Å². The minimum Gasteiger partial charge on any atom is -0.508 e. The molecule has 19 nitrogen and oxygen atoms in total. The van der Waals surface area contributed by atoms with Gasteiger partial charge in [-0.3, -0.25) is 34.0 Å². The summed E-state index contributed by atoms with van der Waals surface area (Å²) < 4.78 is 0. The molecule has 19 heteroatoms. The van der Waals surface area contributed by atoms with Gasteiger partial charge in [-0.05, 0) is 74.0 Å². The van der Waals surface area contributed by atoms with E-state index in [1.165, 1.54) is 17.0 Å². The highest BCUT2D eigenvalue weighted by molar-refractivity contribution is 5.96. The van der Waals surface area contributed by atoms with Crippen LogP contribution >= 0.6 is 0 Å². The van der Waals surface area contributed by atoms with Gasteiger partial charge in [0.15, 0.2) is 11.9 Å². The van der Waals surface area contributed by atoms with E-state index in [4.69, 9.17) is 17.2 Å². The van der Waals surface area contributed by atoms with E-state index in [9.17, 15) is 39.0 Å². The van der Waals surface area contributed by atoms with Crippen LogP contribution in [-0.4, -0.2) is 119 Å². The summed E-state index contributed by atoms with van der Waals surface area (Å²) in [5, 5.41) is 33.6. The predicted octanol–water partition coefficient (Wildman–Crippen LogP) is 0.0457. The van der Waals surface area contributed by atoms with Gasteiger partial charge in [0.1, 0.15) is 36.0 Å². The van der Waals surface area contributed by atoms with Gasteiger partial charge >= 0.3 is 5.97 Å². The summed E-state index contributed by atoms with van der Waals surface area (Å²) in [6.07, 6.45) is 2.55. The van der Waals surface area contributed by atoms with Gasteiger partial charge in [-0.25, -0.2) is 4.79 Å². The van der Waals surface area contributed by atoms with Gasteiger partial charge < -0.3 is 58.9 Å². The van der Waals surface area contributed by atoms with Crippen LogP contribution in [0.2, 0.25) is 0 Å². The molecule has 1 saturated heterocycles. The first-order chi connectivity index (χ1) is 27.6. The van der Waals surface area contributed by atoms with Crippen molar-refractivity contribution in [2.75, 3.05) is 26.7 Å². The van der Waals surface area contributed by atoms with Gasteiger partial charge in [0.05, 0.1) is 0 Å². The number of phenolic OH excluding ortho intramolecular Hbond substituents is 1. The van der Waals surface area contributed by atoms with Crippen molar-refractivity contribution in [3.63, 3.8) is 0 Å². The first-order valence-corrected chi connectivity index (χ1v) is 20.2. The average Bonchev–Trinajstić information content (AvgIpc) is 3.66. The zero-order valence-corrected chi connectivity index (χ0v) is 35.5. The predicted molar refractivity (Wildman–Crippen MR) is 225 cm³/mol. The van der Waals surface area contributed by atoms with Crippen molar-refractivity contribution >= 4 is 47.4 Å². The second-order valence-corrected chi connectivity index (χ2v) is 16.5. The molecule has 0 radical (unpaired) electrons. The number of aliphatic imine (C=N–C) groups is 2. The molecule has 0 spiro atoms. The maximum atomic E-state index is 14.2. The van der Waals surface area contributed by atoms with Crippen molar-refractivity contribution in [1.82, 2.24) is 31.5 Å². The van der Waals surface area contributed by atoms with E-state index in [1.807, 2.05) is 13.8 Å². The molecule has 1 fully saturated rings. The minimum atomic E-state index is -1.25. The fourth-order valence-corrected chi connectivity index (χ4v) is 6.62. The Balaban J connectivity index is 2.35. The van der Waals surface area contributed by atoms with Crippen molar-refractivity contribution in [1.29, 1.82) is 0 Å². The minimum absolute atomic E-state index is 0.00349. The van der Waals surface area contributed by atoms with Crippen molar-refractivity contribution in [3.8, 4) is 5.75 Å². The maximum Gasteiger partial charge on any atom is 0.326 e. The number of nitrogens with two attached hydrogens (primary N) is 3. The summed E-state index contributed by atoms with van der Waals surface area (Å²) in [7, 11) is 1.56. The van der Waals surface area contributed by atoms with Gasteiger partial charge in [-0.2, -0.15) is 0 Å². The number of carboxylic acid groups (broad SMARTS) is 1. The van der Waals surface area contributed by atoms with Crippen LogP contribution in [0.5, 0.6) is 5.75 Å². The largest absolute Gasteiger partial charge is 0.508 e. The fourth-order valence-electron chi connectivity index (χ4n) is 6.62. The number of carbonyl (C=O) groups is 6. The zero-order valence-electron chi connectivity index (χ0n) is 35.5. The molecule has 5 amide bonds. The van der Waals surface area contributed by atoms with Crippen molar-refractivity contribution in [2.24, 2.45) is 44.4 Å². The number of amides is 5. The number of rotatable bonds is 22. The molecule has 6 atom stereocenters. The van der Waals surface area contributed by atoms with Crippen LogP contribution in [0.25, 0.3) is 0 Å². The lowest BCUT2D eigenvalue weighted by molar-refractivity contribution is -0.144. The number of carbonyl (C=O) groups excluding carboxylic acids is 5. The third-order valence-electron chi connectivity index (χ3n) is 9.95. The summed E-state index contributed by atoms with van der Waals surface area (Å²) in [4.78, 5) is 90.6. The number of nitrogens with zero attached hydrogens (tertiary/aromatic N) is 3. The van der Waals surface area contributed by atoms with Crippen LogP contribution < -0.4 is 43.8 Å². The molecular weight excluding hydrogens is 763 g/mol. The van der Waals surface area contributed by atoms with Crippen LogP contribution in [0.4, 0.5) is 0 Å². The lowest BCUT2D eigenvalue weighted by Gasteiger charge is -2.33. The second-order valence-electron chi connectivity index (χ2n) is 16.5. The highest BCUT2D eigenvalue weighted by Gasteiger charge is 2.41. The number of aromatic hydroxyl groups is 1. The Morgan fingerprint density at radius 1 is 0.864 bits per heavy atom. The molecule has 0 bridgehead atoms. The van der Waals surface area contributed by atoms with Crippen LogP contribution in [0, 0.1) is 17.3 Å². The molecular formula is C40H67N11O8. The lowest BCUT2D eigenvalue weighted by Crippen LogP contribution is -2.61. The van der Waals surface area contributed by atoms with Crippen molar-refractivity contribution in [3.05, 3.63) is 29.8 Å². The van der Waals surface area contributed by atoms with E-state index in [1.54, 1.807) is 46.9 Å². The molecule has 1 aliphatic rings. The first-order valence-electron chi connectivity index (χ1n) is 20.2. The molecule has 13 N–H and O–H groups in total. The lowest BCUT2D eigenvalue weighted by atomic mass is 9.85. The summed E-state index contributed by atoms with van der Waals surface area (Å²) in [5.74, 6) is -4.37. The summed E-state index contributed by atoms with van der Waals surface area (Å²) in [6.45, 7) is 11.5. The molecule has 1 aliphatic heterocycles. The number of hydrogen-bond donors (Lipinski definition) is 10. The molecule has 0 saturated carbocycles. The monoisotopic (exact) mass is 830 g/mol. The quantitative estimate of drug-likeness (QED) is 0.0421. The molecule has 1 aromatic rings. The molecule has 1 heterocycles. The van der Waals surface area contributed by atoms with Crippen LogP contribution in [0.3, 0.4) is 0 Å². The molecule has 330 valence electrons. The number of carboxylic acids is 1. The molecule has 0 unspecified atom stereocenters. The van der Waals surface area contributed by atoms with E-state index in [-0.39, 0.29) is 68.3 Å². The Kier molecular flexibility index (Phi) is 19.9. The standard InChI is InChI=1S/C40H67N11O8/c1-23(2)21-29(37(58)59)49-35(56)31(40(4,5)6)50-33(54)28(22-25-14-16-26(52)17-15-25)48-34(55)30-13-10-20-51(30)36(57)27(12-9-18-45-38(41)42)47-32(53)24(3)11-8-19-46-39(43)44-7/h14-17,23-24,27-31,52H,8-13,18-22H2,1-7H3,(H,47,53)(H,48,55)(H,49,56)(H,50,54)(H,58,59)(H4,41,42,45)(H3,43,44,46)/t24-,27-,28-,29-,30-,31+/m0/s1. The van der Waals surface area contributed by atoms with E-state index < -0.39 is 71.1 Å². The van der Waals surface area contributed by atoms with Crippen LogP contribution in [-0.2, 0) is 35.2 Å². The Morgan fingerprint density at radius 3 is 2.08 bits per heavy atom. The van der Waals surface area contributed by atoms with Gasteiger partial charge in [0, 0.05) is 39.0 Å². The summed E-state index contributed by atoms with van der Waals surface area (Å²) in [5.41, 5.74) is 16.4. The maximum absolute atomic E-state index is 14.2. The number of nitrogens with one attached hydrogen (secondary N) is 5. The van der Waals surface area contributed by atoms with E-state index >= 15 is 0 Å². The molecule has 0 aliphatic carbocycles. The fraction of sp³-hybridized carbons (Fsp3) is 0.650. The smallest absolute Gasteiger partial charge is 0.326 e. The number of phenols is 1. The van der Waals surface area contributed by atoms with Gasteiger partial charge in [-0.15, -0.1) is 0 Å². The number of aliphatic carboxylic acids is 1. The highest BCUT2D eigenvalue weighted by Crippen LogP contribution is 2.23. The molecule has 0 aromatic heterocycles. The summed E-state index contributed by atoms with van der Waals surface area (Å²) in [6, 6.07) is 0.432. The van der Waals surface area contributed by atoms with E-state index in [0.29, 0.717) is 37.8 Å². The van der Waals surface area contributed by atoms with E-state index in [2.05, 4.69) is 36.6 Å². The van der Waals surface area contributed by atoms with Crippen molar-refractivity contribution in [2.45, 2.75) is 123 Å². The molecule has 59 heavy (non-hydrogen) atoms. The summed E-state index contributed by atoms with van der Waals surface area (Å²) >= 11 is 0. The number of hydrogen-bond acceptors (Lipinski definition) is 9. The second kappa shape index (κ2) is 23.7. The number of likely N-dealkylation sites (tertiary alicyclic amines) is 1. The third-order valence-corrected chi connectivity index (χ3v) is 9.95. The van der Waals surface area contributed by atoms with Gasteiger partial charge in [-0.1, -0.05) is 53.7 Å². The van der Waals surface area contributed by atoms with Crippen LogP contribution in [0.1, 0.15) is 92.1 Å². The highest BCUT2D eigenvalue weighted by atomic mass is 16.4. The Labute approximate surface area is 347 Å². The molecule has 2 rings (SSSR count). The number of guanidine groups is 2. The van der Waals surface area contributed by atoms with Gasteiger partial charge in [0.2, 0.25) is 29.5 Å². The molecule has 1 aromatic carbocycles. The van der Waals surface area contributed by atoms with Gasteiger partial charge in [0.25, 0.3) is 0 Å². The zero-order chi connectivity index (χ0) is 44.4. The third kappa shape index (κ3) is 17.0. The SMILES string of the molecule is CN=C(N)NCCC[C@H](C)C(=O)N[C@@H](CCCN=C(N)N)C(=O)N1CCC[C@H]1C(=O)N[C@@H](Cc1ccc(O)cc1)C(=O)N[C@H](C(=O)N[C@@H](CC(C)C)C(=O)O)C(C)(C)C. The van der Waals surface area contributed by atoms with E-state index in [0.717, 1.165) is 0 Å². The topological polar surface area (TPSA) is 309 Å². The Bertz CT molecular complexity index is 1640. The number of benzene rings is 1.